The fraction of sp³-hybridized carbons (Fsp3) is 0.188. The zero-order chi connectivity index (χ0) is 14.7. The third-order valence-corrected chi connectivity index (χ3v) is 3.32. The van der Waals surface area contributed by atoms with Crippen molar-refractivity contribution in [2.24, 2.45) is 0 Å². The second-order valence-electron chi connectivity index (χ2n) is 4.68. The Morgan fingerprint density at radius 3 is 2.52 bits per heavy atom. The number of hydrogen-bond donors (Lipinski definition) is 0. The van der Waals surface area contributed by atoms with E-state index in [1.807, 2.05) is 54.6 Å². The molecule has 2 aromatic rings. The molecule has 0 aliphatic carbocycles. The van der Waals surface area contributed by atoms with Crippen LogP contribution in [0.2, 0.25) is 0 Å². The molecule has 0 bridgehead atoms. The number of benzene rings is 2. The van der Waals surface area contributed by atoms with Gasteiger partial charge in [0.2, 0.25) is 0 Å². The van der Waals surface area contributed by atoms with E-state index in [9.17, 15) is 4.79 Å². The molecule has 0 unspecified atom stereocenters. The predicted molar refractivity (Wildman–Crippen MR) is 78.1 cm³/mol. The summed E-state index contributed by atoms with van der Waals surface area (Å²) in [6.07, 6.45) is 0. The van der Waals surface area contributed by atoms with Crippen LogP contribution in [0.3, 0.4) is 0 Å². The number of anilines is 1. The van der Waals surface area contributed by atoms with Gasteiger partial charge in [-0.15, -0.1) is 0 Å². The summed E-state index contributed by atoms with van der Waals surface area (Å²) in [5.41, 5.74) is 2.74. The van der Waals surface area contributed by atoms with Crippen LogP contribution in [0, 0.1) is 0 Å². The van der Waals surface area contributed by atoms with Crippen LogP contribution in [-0.4, -0.2) is 18.2 Å². The first-order chi connectivity index (χ1) is 10.3. The van der Waals surface area contributed by atoms with E-state index in [2.05, 4.69) is 0 Å². The Morgan fingerprint density at radius 1 is 1.05 bits per heavy atom. The number of nitrogens with zero attached hydrogens (tertiary/aromatic N) is 2. The van der Waals surface area contributed by atoms with E-state index in [0.717, 1.165) is 16.8 Å². The Bertz CT molecular complexity index is 630. The summed E-state index contributed by atoms with van der Waals surface area (Å²) >= 11 is 0. The fourth-order valence-corrected chi connectivity index (χ4v) is 2.27. The van der Waals surface area contributed by atoms with Gasteiger partial charge in [0, 0.05) is 5.56 Å². The zero-order valence-electron chi connectivity index (χ0n) is 11.7. The molecule has 0 saturated heterocycles. The van der Waals surface area contributed by atoms with Crippen molar-refractivity contribution < 1.29 is 14.5 Å². The predicted octanol–water partition coefficient (Wildman–Crippen LogP) is 3.12. The topological polar surface area (TPSA) is 42.0 Å². The Hall–Kier alpha value is -2.37. The normalized spacial score (nSPS) is 14.2. The summed E-state index contributed by atoms with van der Waals surface area (Å²) < 4.78 is 0. The summed E-state index contributed by atoms with van der Waals surface area (Å²) in [5, 5.41) is 2.56. The average molecular weight is 284 g/mol. The molecule has 21 heavy (non-hydrogen) atoms. The second-order valence-corrected chi connectivity index (χ2v) is 4.68. The molecule has 1 heterocycles. The Labute approximate surface area is 123 Å². The number of carbonyl (C=O) groups is 1. The van der Waals surface area contributed by atoms with Crippen LogP contribution in [0.15, 0.2) is 54.6 Å². The van der Waals surface area contributed by atoms with Crippen LogP contribution >= 0.6 is 0 Å². The van der Waals surface area contributed by atoms with Gasteiger partial charge in [0.25, 0.3) is 0 Å². The van der Waals surface area contributed by atoms with Gasteiger partial charge in [-0.05, 0) is 11.6 Å². The number of hydrogen-bond acceptors (Lipinski definition) is 3. The van der Waals surface area contributed by atoms with Gasteiger partial charge in [0.05, 0.1) is 19.3 Å². The molecular weight excluding hydrogens is 268 g/mol. The van der Waals surface area contributed by atoms with Gasteiger partial charge in [-0.3, -0.25) is 9.68 Å². The van der Waals surface area contributed by atoms with Crippen molar-refractivity contribution in [3.63, 3.8) is 0 Å². The molecule has 5 heteroatoms. The third-order valence-electron chi connectivity index (χ3n) is 3.32. The molecule has 2 aromatic carbocycles. The first-order valence-corrected chi connectivity index (χ1v) is 6.70. The molecule has 2 amide bonds. The monoisotopic (exact) mass is 284 g/mol. The van der Waals surface area contributed by atoms with Gasteiger partial charge in [0.15, 0.2) is 0 Å². The Morgan fingerprint density at radius 2 is 1.76 bits per heavy atom. The molecule has 0 saturated carbocycles. The molecule has 0 fully saturated rings. The van der Waals surface area contributed by atoms with Crippen molar-refractivity contribution >= 4 is 11.7 Å². The minimum atomic E-state index is -0.327. The van der Waals surface area contributed by atoms with Gasteiger partial charge in [-0.25, -0.2) is 4.79 Å². The molecule has 5 nitrogen and oxygen atoms in total. The lowest BCUT2D eigenvalue weighted by atomic mass is 10.1. The lowest BCUT2D eigenvalue weighted by molar-refractivity contribution is -0.140. The molecule has 0 atom stereocenters. The third kappa shape index (κ3) is 2.74. The van der Waals surface area contributed by atoms with E-state index in [-0.39, 0.29) is 6.03 Å². The molecule has 3 rings (SSSR count). The highest BCUT2D eigenvalue weighted by Gasteiger charge is 2.31. The second kappa shape index (κ2) is 5.95. The van der Waals surface area contributed by atoms with Gasteiger partial charge in [-0.1, -0.05) is 48.5 Å². The molecular formula is C16H16N2O3. The smallest absolute Gasteiger partial charge is 0.268 e. The minimum absolute atomic E-state index is 0.327. The van der Waals surface area contributed by atoms with Gasteiger partial charge in [-0.2, -0.15) is 10.1 Å². The first kappa shape index (κ1) is 13.6. The molecule has 1 aliphatic rings. The summed E-state index contributed by atoms with van der Waals surface area (Å²) in [6.45, 7) is 0.744. The summed E-state index contributed by atoms with van der Waals surface area (Å²) in [4.78, 5) is 23.1. The number of urea groups is 1. The SMILES string of the molecule is CON1C(=O)N(OCc2ccccc2)Cc2ccccc21. The summed E-state index contributed by atoms with van der Waals surface area (Å²) in [7, 11) is 1.47. The van der Waals surface area contributed by atoms with Gasteiger partial charge < -0.3 is 0 Å². The number of rotatable bonds is 4. The van der Waals surface area contributed by atoms with Crippen molar-refractivity contribution in [2.75, 3.05) is 12.2 Å². The number of fused-ring (bicyclic) bond motifs is 1. The van der Waals surface area contributed by atoms with Gasteiger partial charge in [0.1, 0.15) is 6.61 Å². The lowest BCUT2D eigenvalue weighted by Gasteiger charge is -2.34. The Kier molecular flexibility index (Phi) is 3.85. The number of hydroxylamine groups is 3. The van der Waals surface area contributed by atoms with Crippen molar-refractivity contribution in [3.05, 3.63) is 65.7 Å². The van der Waals surface area contributed by atoms with E-state index in [0.29, 0.717) is 13.2 Å². The van der Waals surface area contributed by atoms with Crippen molar-refractivity contribution in [1.29, 1.82) is 0 Å². The van der Waals surface area contributed by atoms with Crippen molar-refractivity contribution in [2.45, 2.75) is 13.2 Å². The summed E-state index contributed by atoms with van der Waals surface area (Å²) in [5.74, 6) is 0. The van der Waals surface area contributed by atoms with E-state index in [1.54, 1.807) is 0 Å². The number of carbonyl (C=O) groups excluding carboxylic acids is 1. The van der Waals surface area contributed by atoms with E-state index < -0.39 is 0 Å². The first-order valence-electron chi connectivity index (χ1n) is 6.70. The van der Waals surface area contributed by atoms with Gasteiger partial charge >= 0.3 is 6.03 Å². The molecule has 0 N–H and O–H groups in total. The summed E-state index contributed by atoms with van der Waals surface area (Å²) in [6, 6.07) is 17.0. The maximum absolute atomic E-state index is 12.3. The number of para-hydroxylation sites is 1. The average Bonchev–Trinajstić information content (AvgIpc) is 2.54. The maximum Gasteiger partial charge on any atom is 0.372 e. The minimum Gasteiger partial charge on any atom is -0.268 e. The highest BCUT2D eigenvalue weighted by molar-refractivity contribution is 5.92. The molecule has 0 spiro atoms. The van der Waals surface area contributed by atoms with E-state index in [4.69, 9.17) is 9.68 Å². The largest absolute Gasteiger partial charge is 0.372 e. The highest BCUT2D eigenvalue weighted by Crippen LogP contribution is 2.28. The lowest BCUT2D eigenvalue weighted by Crippen LogP contribution is -2.46. The van der Waals surface area contributed by atoms with Crippen LogP contribution in [0.1, 0.15) is 11.1 Å². The zero-order valence-corrected chi connectivity index (χ0v) is 11.7. The maximum atomic E-state index is 12.3. The van der Waals surface area contributed by atoms with Crippen LogP contribution < -0.4 is 5.06 Å². The quantitative estimate of drug-likeness (QED) is 0.866. The standard InChI is InChI=1S/C16H16N2O3/c1-20-18-15-10-6-5-9-14(15)11-17(16(18)19)21-12-13-7-3-2-4-8-13/h2-10H,11-12H2,1H3. The van der Waals surface area contributed by atoms with Crippen molar-refractivity contribution in [3.8, 4) is 0 Å². The van der Waals surface area contributed by atoms with Crippen molar-refractivity contribution in [1.82, 2.24) is 5.06 Å². The highest BCUT2D eigenvalue weighted by atomic mass is 16.7. The van der Waals surface area contributed by atoms with Crippen LogP contribution in [-0.2, 0) is 22.8 Å². The fourth-order valence-electron chi connectivity index (χ4n) is 2.27. The molecule has 1 aliphatic heterocycles. The Balaban J connectivity index is 1.77. The van der Waals surface area contributed by atoms with Crippen LogP contribution in [0.5, 0.6) is 0 Å². The van der Waals surface area contributed by atoms with Crippen LogP contribution in [0.25, 0.3) is 0 Å². The molecule has 0 aromatic heterocycles. The molecule has 0 radical (unpaired) electrons. The molecule has 108 valence electrons. The van der Waals surface area contributed by atoms with Crippen LogP contribution in [0.4, 0.5) is 10.5 Å². The number of amides is 2. The van der Waals surface area contributed by atoms with E-state index >= 15 is 0 Å². The van der Waals surface area contributed by atoms with E-state index in [1.165, 1.54) is 17.2 Å².